The van der Waals surface area contributed by atoms with Crippen molar-refractivity contribution in [1.29, 1.82) is 0 Å². The first-order chi connectivity index (χ1) is 15.4. The summed E-state index contributed by atoms with van der Waals surface area (Å²) in [5.41, 5.74) is 0.790. The van der Waals surface area contributed by atoms with Gasteiger partial charge in [0.2, 0.25) is 5.91 Å². The van der Waals surface area contributed by atoms with E-state index in [4.69, 9.17) is 4.74 Å². The van der Waals surface area contributed by atoms with Crippen LogP contribution in [0.25, 0.3) is 0 Å². The zero-order valence-electron chi connectivity index (χ0n) is 17.7. The van der Waals surface area contributed by atoms with Gasteiger partial charge < -0.3 is 15.4 Å². The third-order valence-corrected chi connectivity index (χ3v) is 9.03. The second-order valence-electron chi connectivity index (χ2n) is 8.01. The van der Waals surface area contributed by atoms with Crippen LogP contribution in [-0.4, -0.2) is 56.9 Å². The molecule has 2 N–H and O–H groups in total. The highest BCUT2D eigenvalue weighted by atomic mass is 32.2. The van der Waals surface area contributed by atoms with Crippen molar-refractivity contribution >= 4 is 38.9 Å². The van der Waals surface area contributed by atoms with Crippen molar-refractivity contribution in [2.75, 3.05) is 31.6 Å². The molecule has 0 aliphatic carbocycles. The van der Waals surface area contributed by atoms with Crippen LogP contribution in [0.3, 0.4) is 0 Å². The molecule has 0 unspecified atom stereocenters. The second kappa shape index (κ2) is 10.1. The number of piperidine rings is 1. The van der Waals surface area contributed by atoms with E-state index in [0.717, 1.165) is 12.8 Å². The molecule has 32 heavy (non-hydrogen) atoms. The summed E-state index contributed by atoms with van der Waals surface area (Å²) in [6, 6.07) is 10.1. The Hall–Kier alpha value is -2.27. The van der Waals surface area contributed by atoms with Gasteiger partial charge in [-0.25, -0.2) is 8.42 Å². The Morgan fingerprint density at radius 2 is 1.97 bits per heavy atom. The van der Waals surface area contributed by atoms with E-state index in [-0.39, 0.29) is 28.7 Å². The van der Waals surface area contributed by atoms with Crippen LogP contribution in [0.15, 0.2) is 46.0 Å². The predicted molar refractivity (Wildman–Crippen MR) is 122 cm³/mol. The van der Waals surface area contributed by atoms with E-state index >= 15 is 0 Å². The summed E-state index contributed by atoms with van der Waals surface area (Å²) in [5.74, 6) is -1.04. The minimum atomic E-state index is -3.60. The van der Waals surface area contributed by atoms with E-state index < -0.39 is 15.9 Å². The van der Waals surface area contributed by atoms with Crippen LogP contribution in [0.4, 0.5) is 5.69 Å². The number of carbonyl (C=O) groups excluding carboxylic acids is 2. The molecule has 1 aromatic heterocycles. The monoisotopic (exact) mass is 477 g/mol. The van der Waals surface area contributed by atoms with Crippen LogP contribution in [0, 0.1) is 5.92 Å². The van der Waals surface area contributed by atoms with Crippen LogP contribution in [0.1, 0.15) is 36.0 Å². The first kappa shape index (κ1) is 22.9. The minimum Gasteiger partial charge on any atom is -0.376 e. The Kier molecular flexibility index (Phi) is 7.24. The fourth-order valence-corrected chi connectivity index (χ4v) is 6.71. The first-order valence-corrected chi connectivity index (χ1v) is 13.1. The quantitative estimate of drug-likeness (QED) is 0.638. The largest absolute Gasteiger partial charge is 0.376 e. The van der Waals surface area contributed by atoms with Crippen LogP contribution in [0.5, 0.6) is 0 Å². The average molecular weight is 478 g/mol. The van der Waals surface area contributed by atoms with Crippen LogP contribution < -0.4 is 10.6 Å². The van der Waals surface area contributed by atoms with Gasteiger partial charge in [0, 0.05) is 26.2 Å². The van der Waals surface area contributed by atoms with Crippen LogP contribution in [-0.2, 0) is 19.6 Å². The van der Waals surface area contributed by atoms with Gasteiger partial charge in [-0.15, -0.1) is 11.3 Å². The molecule has 0 saturated carbocycles. The van der Waals surface area contributed by atoms with Gasteiger partial charge in [-0.3, -0.25) is 9.59 Å². The van der Waals surface area contributed by atoms with Gasteiger partial charge >= 0.3 is 0 Å². The summed E-state index contributed by atoms with van der Waals surface area (Å²) in [6.07, 6.45) is 3.14. The molecule has 10 heteroatoms. The SMILES string of the molecule is O=C(NC[C@@H]1CCCO1)c1ccccc1NC(=O)[C@@H]1CCCN(S(=O)(=O)c2cccs2)C1. The number of ether oxygens (including phenoxy) is 1. The third-order valence-electron chi connectivity index (χ3n) is 5.79. The molecule has 3 heterocycles. The lowest BCUT2D eigenvalue weighted by Crippen LogP contribution is -2.43. The van der Waals surface area contributed by atoms with Crippen molar-refractivity contribution in [3.63, 3.8) is 0 Å². The van der Waals surface area contributed by atoms with E-state index in [1.165, 1.54) is 15.6 Å². The van der Waals surface area contributed by atoms with Crippen molar-refractivity contribution in [1.82, 2.24) is 9.62 Å². The molecular formula is C22H27N3O5S2. The predicted octanol–water partition coefficient (Wildman–Crippen LogP) is 2.70. The summed E-state index contributed by atoms with van der Waals surface area (Å²) < 4.78 is 32.9. The summed E-state index contributed by atoms with van der Waals surface area (Å²) in [6.45, 7) is 1.67. The molecular weight excluding hydrogens is 450 g/mol. The Morgan fingerprint density at radius 3 is 2.72 bits per heavy atom. The Balaban J connectivity index is 1.41. The number of nitrogens with one attached hydrogen (secondary N) is 2. The zero-order chi connectivity index (χ0) is 22.6. The first-order valence-electron chi connectivity index (χ1n) is 10.8. The maximum Gasteiger partial charge on any atom is 0.253 e. The van der Waals surface area contributed by atoms with Gasteiger partial charge in [0.1, 0.15) is 4.21 Å². The molecule has 2 aliphatic rings. The molecule has 0 radical (unpaired) electrons. The Morgan fingerprint density at radius 1 is 1.12 bits per heavy atom. The summed E-state index contributed by atoms with van der Waals surface area (Å²) >= 11 is 1.17. The van der Waals surface area contributed by atoms with Crippen molar-refractivity contribution in [3.8, 4) is 0 Å². The molecule has 172 valence electrons. The number of nitrogens with zero attached hydrogens (tertiary/aromatic N) is 1. The minimum absolute atomic E-state index is 0.0271. The lowest BCUT2D eigenvalue weighted by Gasteiger charge is -2.31. The smallest absolute Gasteiger partial charge is 0.253 e. The number of anilines is 1. The van der Waals surface area contributed by atoms with E-state index in [1.54, 1.807) is 41.8 Å². The molecule has 2 atom stereocenters. The molecule has 2 saturated heterocycles. The normalized spacial score (nSPS) is 21.9. The molecule has 8 nitrogen and oxygen atoms in total. The highest BCUT2D eigenvalue weighted by Gasteiger charge is 2.34. The number of hydrogen-bond acceptors (Lipinski definition) is 6. The maximum atomic E-state index is 13.0. The van der Waals surface area contributed by atoms with Gasteiger partial charge in [0.05, 0.1) is 23.3 Å². The van der Waals surface area contributed by atoms with E-state index in [1.807, 2.05) is 0 Å². The number of carbonyl (C=O) groups is 2. The highest BCUT2D eigenvalue weighted by Crippen LogP contribution is 2.27. The molecule has 4 rings (SSSR count). The van der Waals surface area contributed by atoms with Crippen molar-refractivity contribution in [2.45, 2.75) is 36.0 Å². The van der Waals surface area contributed by atoms with Gasteiger partial charge in [-0.05, 0) is 49.3 Å². The highest BCUT2D eigenvalue weighted by molar-refractivity contribution is 7.91. The average Bonchev–Trinajstić information content (AvgIpc) is 3.52. The van der Waals surface area contributed by atoms with E-state index in [0.29, 0.717) is 43.8 Å². The fourth-order valence-electron chi connectivity index (χ4n) is 4.04. The lowest BCUT2D eigenvalue weighted by atomic mass is 9.98. The van der Waals surface area contributed by atoms with E-state index in [9.17, 15) is 18.0 Å². The molecule has 0 spiro atoms. The molecule has 2 aromatic rings. The Bertz CT molecular complexity index is 1050. The van der Waals surface area contributed by atoms with Crippen LogP contribution >= 0.6 is 11.3 Å². The van der Waals surface area contributed by atoms with E-state index in [2.05, 4.69) is 10.6 Å². The summed E-state index contributed by atoms with van der Waals surface area (Å²) in [5, 5.41) is 7.45. The topological polar surface area (TPSA) is 105 Å². The number of para-hydroxylation sites is 1. The van der Waals surface area contributed by atoms with Gasteiger partial charge in [0.25, 0.3) is 15.9 Å². The van der Waals surface area contributed by atoms with Gasteiger partial charge in [-0.1, -0.05) is 18.2 Å². The molecule has 0 bridgehead atoms. The van der Waals surface area contributed by atoms with Crippen molar-refractivity contribution in [3.05, 3.63) is 47.3 Å². The molecule has 2 fully saturated rings. The van der Waals surface area contributed by atoms with Crippen molar-refractivity contribution in [2.24, 2.45) is 5.92 Å². The summed E-state index contributed by atoms with van der Waals surface area (Å²) in [7, 11) is -3.60. The third kappa shape index (κ3) is 5.20. The standard InChI is InChI=1S/C22H27N3O5S2/c26-21(16-6-3-11-25(15-16)32(28,29)20-10-5-13-31-20)24-19-9-2-1-8-18(19)22(27)23-14-17-7-4-12-30-17/h1-2,5,8-10,13,16-17H,3-4,6-7,11-12,14-15H2,(H,23,27)(H,24,26)/t16-,17+/m1/s1. The number of thiophene rings is 1. The van der Waals surface area contributed by atoms with Gasteiger partial charge in [-0.2, -0.15) is 4.31 Å². The van der Waals surface area contributed by atoms with Crippen molar-refractivity contribution < 1.29 is 22.7 Å². The number of rotatable bonds is 7. The molecule has 2 aliphatic heterocycles. The summed E-state index contributed by atoms with van der Waals surface area (Å²) in [4.78, 5) is 25.7. The maximum absolute atomic E-state index is 13.0. The number of amides is 2. The molecule has 2 amide bonds. The number of sulfonamides is 1. The number of hydrogen-bond donors (Lipinski definition) is 2. The Labute approximate surface area is 192 Å². The van der Waals surface area contributed by atoms with Gasteiger partial charge in [0.15, 0.2) is 0 Å². The lowest BCUT2D eigenvalue weighted by molar-refractivity contribution is -0.120. The fraction of sp³-hybridized carbons (Fsp3) is 0.455. The van der Waals surface area contributed by atoms with Crippen LogP contribution in [0.2, 0.25) is 0 Å². The second-order valence-corrected chi connectivity index (χ2v) is 11.1. The zero-order valence-corrected chi connectivity index (χ0v) is 19.3. The molecule has 1 aromatic carbocycles. The number of benzene rings is 1.